The number of cyclic esters (lactones) is 1. The lowest BCUT2D eigenvalue weighted by Crippen LogP contribution is -2.53. The van der Waals surface area contributed by atoms with Gasteiger partial charge >= 0.3 is 5.97 Å². The molecule has 1 spiro atoms. The molecule has 4 aliphatic heterocycles. The second-order valence-electron chi connectivity index (χ2n) is 17.3. The summed E-state index contributed by atoms with van der Waals surface area (Å²) in [6.07, 6.45) is -0.822. The van der Waals surface area contributed by atoms with E-state index in [-0.39, 0.29) is 19.8 Å². The molecule has 14 heteroatoms. The third kappa shape index (κ3) is 7.50. The maximum Gasteiger partial charge on any atom is 0.324 e. The van der Waals surface area contributed by atoms with Gasteiger partial charge in [0.25, 0.3) is 0 Å². The standard InChI is InChI=1S/C54H47N7O7/c62-30-33-67-41-24-18-38(19-25-41)50-54(42-34-35(17-26-43(42)56-53(54)65)10-9-27-60-45-16-8-7-15-44(45)57-58-60)46(51(63)55-39-20-22-40(23-21-39)59-28-31-66-32-29-59)48-52(64)68-49(37-13-5-2-6-14-37)47(61(48)50)36-11-3-1-4-12-36/h1-8,11-26,34,46-50,62H,27-33H2,(H,55,63)(H,56,65)/t46-,47-,48-,49+,50+,54-/m0/s1. The topological polar surface area (TPSA) is 160 Å². The molecule has 1 aromatic heterocycles. The number of benzene rings is 6. The van der Waals surface area contributed by atoms with Crippen molar-refractivity contribution in [2.45, 2.75) is 36.2 Å². The van der Waals surface area contributed by atoms with Crippen molar-refractivity contribution in [1.29, 1.82) is 0 Å². The molecule has 4 aliphatic rings. The van der Waals surface area contributed by atoms with Gasteiger partial charge in [-0.3, -0.25) is 19.3 Å². The van der Waals surface area contributed by atoms with Crippen molar-refractivity contribution in [3.8, 4) is 17.6 Å². The van der Waals surface area contributed by atoms with Crippen LogP contribution in [0.5, 0.6) is 5.75 Å². The third-order valence-corrected chi connectivity index (χ3v) is 13.5. The van der Waals surface area contributed by atoms with E-state index in [1.807, 2.05) is 140 Å². The number of amides is 2. The maximum atomic E-state index is 15.7. The second kappa shape index (κ2) is 18.1. The van der Waals surface area contributed by atoms with Crippen molar-refractivity contribution in [2.75, 3.05) is 55.1 Å². The van der Waals surface area contributed by atoms with Gasteiger partial charge in [-0.15, -0.1) is 5.10 Å². The van der Waals surface area contributed by atoms with Crippen LogP contribution in [0.4, 0.5) is 17.1 Å². The molecule has 3 saturated heterocycles. The van der Waals surface area contributed by atoms with E-state index in [0.29, 0.717) is 47.0 Å². The Hall–Kier alpha value is -7.83. The zero-order valence-electron chi connectivity index (χ0n) is 36.9. The first kappa shape index (κ1) is 42.8. The number of rotatable bonds is 10. The summed E-state index contributed by atoms with van der Waals surface area (Å²) in [5.41, 5.74) is 5.26. The highest BCUT2D eigenvalue weighted by Crippen LogP contribution is 2.65. The highest BCUT2D eigenvalue weighted by atomic mass is 16.6. The first-order valence-electron chi connectivity index (χ1n) is 22.8. The lowest BCUT2D eigenvalue weighted by Gasteiger charge is -2.46. The Kier molecular flexibility index (Phi) is 11.4. The number of ether oxygens (including phenoxy) is 3. The number of hydrogen-bond acceptors (Lipinski definition) is 11. The van der Waals surface area contributed by atoms with Crippen LogP contribution in [0.25, 0.3) is 11.0 Å². The summed E-state index contributed by atoms with van der Waals surface area (Å²) in [5, 5.41) is 24.5. The Morgan fingerprint density at radius 1 is 0.824 bits per heavy atom. The number of morpholine rings is 2. The first-order valence-corrected chi connectivity index (χ1v) is 22.8. The number of esters is 1. The molecule has 14 nitrogen and oxygen atoms in total. The van der Waals surface area contributed by atoms with Crippen LogP contribution in [-0.2, 0) is 35.8 Å². The number of aliphatic hydroxyl groups excluding tert-OH is 1. The predicted molar refractivity (Wildman–Crippen MR) is 255 cm³/mol. The van der Waals surface area contributed by atoms with Gasteiger partial charge in [0, 0.05) is 35.7 Å². The average Bonchev–Trinajstić information content (AvgIpc) is 4.04. The number of aliphatic hydroxyl groups is 1. The van der Waals surface area contributed by atoms with Gasteiger partial charge in [0.2, 0.25) is 11.8 Å². The number of carbonyl (C=O) groups is 3. The second-order valence-corrected chi connectivity index (χ2v) is 17.3. The fraction of sp³-hybridized carbons (Fsp3) is 0.241. The zero-order valence-corrected chi connectivity index (χ0v) is 36.9. The molecule has 3 N–H and O–H groups in total. The van der Waals surface area contributed by atoms with E-state index < -0.39 is 53.3 Å². The molecule has 0 unspecified atom stereocenters. The molecule has 6 aromatic carbocycles. The molecule has 5 heterocycles. The molecule has 2 amide bonds. The van der Waals surface area contributed by atoms with Gasteiger partial charge in [-0.2, -0.15) is 0 Å². The molecular weight excluding hydrogens is 859 g/mol. The molecule has 3 fully saturated rings. The molecule has 0 bridgehead atoms. The van der Waals surface area contributed by atoms with E-state index in [0.717, 1.165) is 40.9 Å². The molecule has 68 heavy (non-hydrogen) atoms. The lowest BCUT2D eigenvalue weighted by molar-refractivity contribution is -0.177. The van der Waals surface area contributed by atoms with E-state index >= 15 is 14.4 Å². The van der Waals surface area contributed by atoms with Crippen molar-refractivity contribution in [3.63, 3.8) is 0 Å². The molecule has 6 atom stereocenters. The summed E-state index contributed by atoms with van der Waals surface area (Å²) in [6, 6.07) is 44.6. The van der Waals surface area contributed by atoms with Gasteiger partial charge < -0.3 is 34.9 Å². The zero-order chi connectivity index (χ0) is 46.2. The maximum absolute atomic E-state index is 15.7. The van der Waals surface area contributed by atoms with Crippen molar-refractivity contribution < 1.29 is 33.7 Å². The van der Waals surface area contributed by atoms with Gasteiger partial charge in [0.15, 0.2) is 0 Å². The normalized spacial score (nSPS) is 23.0. The Balaban J connectivity index is 1.10. The van der Waals surface area contributed by atoms with E-state index in [1.165, 1.54) is 0 Å². The number of anilines is 3. The first-order chi connectivity index (χ1) is 33.4. The van der Waals surface area contributed by atoms with E-state index in [1.54, 1.807) is 16.8 Å². The Bertz CT molecular complexity index is 3060. The average molecular weight is 906 g/mol. The number of nitrogens with one attached hydrogen (secondary N) is 2. The molecule has 0 saturated carbocycles. The number of carbonyl (C=O) groups excluding carboxylic acids is 3. The number of para-hydroxylation sites is 1. The van der Waals surface area contributed by atoms with Crippen molar-refractivity contribution in [1.82, 2.24) is 19.9 Å². The van der Waals surface area contributed by atoms with Gasteiger partial charge in [0.1, 0.15) is 42.0 Å². The van der Waals surface area contributed by atoms with Crippen LogP contribution < -0.4 is 20.3 Å². The molecule has 0 radical (unpaired) electrons. The van der Waals surface area contributed by atoms with Gasteiger partial charge in [-0.25, -0.2) is 4.68 Å². The van der Waals surface area contributed by atoms with Crippen molar-refractivity contribution >= 4 is 45.9 Å². The van der Waals surface area contributed by atoms with Crippen LogP contribution in [0.2, 0.25) is 0 Å². The minimum absolute atomic E-state index is 0.0873. The summed E-state index contributed by atoms with van der Waals surface area (Å²) >= 11 is 0. The number of hydrogen-bond donors (Lipinski definition) is 3. The summed E-state index contributed by atoms with van der Waals surface area (Å²) in [6.45, 7) is 2.91. The smallest absolute Gasteiger partial charge is 0.324 e. The quantitative estimate of drug-likeness (QED) is 0.100. The minimum Gasteiger partial charge on any atom is -0.491 e. The minimum atomic E-state index is -1.73. The van der Waals surface area contributed by atoms with E-state index in [9.17, 15) is 5.11 Å². The van der Waals surface area contributed by atoms with Gasteiger partial charge in [-0.05, 0) is 89.0 Å². The van der Waals surface area contributed by atoms with Crippen LogP contribution in [0, 0.1) is 17.8 Å². The molecule has 11 rings (SSSR count). The summed E-state index contributed by atoms with van der Waals surface area (Å²) in [7, 11) is 0. The Morgan fingerprint density at radius 3 is 2.29 bits per heavy atom. The summed E-state index contributed by atoms with van der Waals surface area (Å²) in [4.78, 5) is 51.0. The fourth-order valence-corrected chi connectivity index (χ4v) is 10.6. The highest BCUT2D eigenvalue weighted by Gasteiger charge is 2.74. The van der Waals surface area contributed by atoms with E-state index in [2.05, 4.69) is 42.6 Å². The molecular formula is C54H47N7O7. The molecule has 0 aliphatic carbocycles. The SMILES string of the molecule is O=C1O[C@H](c2ccccc2)[C@H](c2ccccc2)N2[C@H]1[C@@H](C(=O)Nc1ccc(N3CCOCC3)cc1)[C@]1(C(=O)Nc3ccc(C#CCn4nnc5ccccc54)cc31)[C@H]2c1ccc(OCCO)cc1. The van der Waals surface area contributed by atoms with Crippen LogP contribution >= 0.6 is 0 Å². The Labute approximate surface area is 392 Å². The largest absolute Gasteiger partial charge is 0.491 e. The third-order valence-electron chi connectivity index (χ3n) is 13.5. The van der Waals surface area contributed by atoms with Crippen molar-refractivity contribution in [3.05, 3.63) is 179 Å². The number of fused-ring (bicyclic) bond motifs is 4. The summed E-state index contributed by atoms with van der Waals surface area (Å²) in [5.74, 6) is 4.13. The van der Waals surface area contributed by atoms with Crippen LogP contribution in [0.15, 0.2) is 152 Å². The molecule has 7 aromatic rings. The van der Waals surface area contributed by atoms with E-state index in [4.69, 9.17) is 14.2 Å². The van der Waals surface area contributed by atoms with Crippen LogP contribution in [-0.4, -0.2) is 88.3 Å². The van der Waals surface area contributed by atoms with Gasteiger partial charge in [-0.1, -0.05) is 102 Å². The van der Waals surface area contributed by atoms with Crippen LogP contribution in [0.1, 0.15) is 46.0 Å². The van der Waals surface area contributed by atoms with Crippen LogP contribution in [0.3, 0.4) is 0 Å². The lowest BCUT2D eigenvalue weighted by atomic mass is 9.65. The van der Waals surface area contributed by atoms with Gasteiger partial charge in [0.05, 0.1) is 43.3 Å². The number of nitrogens with zero attached hydrogens (tertiary/aromatic N) is 5. The highest BCUT2D eigenvalue weighted by molar-refractivity contribution is 6.13. The summed E-state index contributed by atoms with van der Waals surface area (Å²) < 4.78 is 19.7. The van der Waals surface area contributed by atoms with Crippen molar-refractivity contribution in [2.24, 2.45) is 5.92 Å². The number of aromatic nitrogens is 3. The predicted octanol–water partition coefficient (Wildman–Crippen LogP) is 6.60. The fourth-order valence-electron chi connectivity index (χ4n) is 10.6. The molecule has 340 valence electrons. The monoisotopic (exact) mass is 905 g/mol. The Morgan fingerprint density at radius 2 is 1.54 bits per heavy atom.